The zero-order chi connectivity index (χ0) is 13.0. The molecule has 0 aliphatic rings. The number of carbonyl (C=O) groups excluding carboxylic acids is 1. The first-order valence-corrected chi connectivity index (χ1v) is 5.42. The minimum atomic E-state index is 0.496. The van der Waals surface area contributed by atoms with Gasteiger partial charge in [-0.1, -0.05) is 12.1 Å². The molecule has 92 valence electrons. The fourth-order valence-corrected chi connectivity index (χ4v) is 1.80. The van der Waals surface area contributed by atoms with Crippen molar-refractivity contribution in [2.45, 2.75) is 0 Å². The summed E-state index contributed by atoms with van der Waals surface area (Å²) in [5.74, 6) is 1.14. The summed E-state index contributed by atoms with van der Waals surface area (Å²) in [5, 5.41) is 0. The van der Waals surface area contributed by atoms with Crippen LogP contribution in [-0.4, -0.2) is 25.5 Å². The molecular weight excluding hydrogens is 230 g/mol. The van der Waals surface area contributed by atoms with Crippen molar-refractivity contribution < 1.29 is 14.3 Å². The molecule has 0 saturated heterocycles. The van der Waals surface area contributed by atoms with Gasteiger partial charge in [-0.25, -0.2) is 4.98 Å². The second-order valence-electron chi connectivity index (χ2n) is 3.63. The summed E-state index contributed by atoms with van der Waals surface area (Å²) < 4.78 is 10.4. The maximum atomic E-state index is 11.1. The van der Waals surface area contributed by atoms with Crippen LogP contribution in [0.3, 0.4) is 0 Å². The van der Waals surface area contributed by atoms with E-state index >= 15 is 0 Å². The molecule has 0 aliphatic heterocycles. The molecule has 0 fully saturated rings. The lowest BCUT2D eigenvalue weighted by molar-refractivity contribution is 0.112. The Hall–Kier alpha value is -2.36. The molecule has 0 aliphatic carbocycles. The van der Waals surface area contributed by atoms with E-state index in [4.69, 9.17) is 9.47 Å². The maximum Gasteiger partial charge on any atom is 0.213 e. The van der Waals surface area contributed by atoms with E-state index in [0.29, 0.717) is 17.2 Å². The largest absolute Gasteiger partial charge is 0.496 e. The molecule has 0 unspecified atom stereocenters. The van der Waals surface area contributed by atoms with E-state index in [-0.39, 0.29) is 0 Å². The Morgan fingerprint density at radius 1 is 1.17 bits per heavy atom. The molecule has 0 N–H and O–H groups in total. The number of ether oxygens (including phenoxy) is 2. The van der Waals surface area contributed by atoms with Gasteiger partial charge in [-0.15, -0.1) is 0 Å². The van der Waals surface area contributed by atoms with Gasteiger partial charge >= 0.3 is 0 Å². The molecule has 1 aromatic carbocycles. The molecule has 2 rings (SSSR count). The van der Waals surface area contributed by atoms with Crippen molar-refractivity contribution in [2.24, 2.45) is 0 Å². The first kappa shape index (κ1) is 12.1. The van der Waals surface area contributed by atoms with E-state index in [2.05, 4.69) is 4.98 Å². The summed E-state index contributed by atoms with van der Waals surface area (Å²) in [6.07, 6.45) is 2.44. The number of aldehydes is 1. The number of pyridine rings is 1. The predicted molar refractivity (Wildman–Crippen MR) is 68.2 cm³/mol. The Morgan fingerprint density at radius 2 is 2.00 bits per heavy atom. The van der Waals surface area contributed by atoms with Crippen molar-refractivity contribution in [1.29, 1.82) is 0 Å². The average molecular weight is 243 g/mol. The van der Waals surface area contributed by atoms with E-state index in [1.165, 1.54) is 0 Å². The monoisotopic (exact) mass is 243 g/mol. The van der Waals surface area contributed by atoms with Crippen LogP contribution >= 0.6 is 0 Å². The quantitative estimate of drug-likeness (QED) is 0.774. The van der Waals surface area contributed by atoms with Gasteiger partial charge in [-0.2, -0.15) is 0 Å². The van der Waals surface area contributed by atoms with Crippen LogP contribution in [0, 0.1) is 0 Å². The fraction of sp³-hybridized carbons (Fsp3) is 0.143. The summed E-state index contributed by atoms with van der Waals surface area (Å²) >= 11 is 0. The highest BCUT2D eigenvalue weighted by molar-refractivity contribution is 5.90. The first-order valence-electron chi connectivity index (χ1n) is 5.42. The molecule has 18 heavy (non-hydrogen) atoms. The van der Waals surface area contributed by atoms with E-state index < -0.39 is 0 Å². The highest BCUT2D eigenvalue weighted by Gasteiger charge is 2.11. The first-order chi connectivity index (χ1) is 8.80. The molecule has 0 spiro atoms. The highest BCUT2D eigenvalue weighted by Crippen LogP contribution is 2.33. The van der Waals surface area contributed by atoms with Crippen LogP contribution in [0.15, 0.2) is 36.5 Å². The van der Waals surface area contributed by atoms with Gasteiger partial charge in [0, 0.05) is 23.4 Å². The molecule has 0 amide bonds. The van der Waals surface area contributed by atoms with E-state index in [9.17, 15) is 4.79 Å². The van der Waals surface area contributed by atoms with Crippen LogP contribution in [0.25, 0.3) is 11.1 Å². The Kier molecular flexibility index (Phi) is 3.57. The number of carbonyl (C=O) groups is 1. The SMILES string of the molecule is COc1cc(-c2c(C=O)cccc2OC)ccn1. The third kappa shape index (κ3) is 2.18. The molecule has 1 aromatic heterocycles. The number of nitrogens with zero attached hydrogens (tertiary/aromatic N) is 1. The maximum absolute atomic E-state index is 11.1. The van der Waals surface area contributed by atoms with Crippen LogP contribution in [0.1, 0.15) is 10.4 Å². The van der Waals surface area contributed by atoms with E-state index in [0.717, 1.165) is 17.4 Å². The van der Waals surface area contributed by atoms with Crippen LogP contribution in [-0.2, 0) is 0 Å². The Bertz CT molecular complexity index is 567. The topological polar surface area (TPSA) is 48.4 Å². The normalized spacial score (nSPS) is 9.89. The Labute approximate surface area is 105 Å². The van der Waals surface area contributed by atoms with Crippen LogP contribution in [0.5, 0.6) is 11.6 Å². The van der Waals surface area contributed by atoms with Crippen molar-refractivity contribution in [3.63, 3.8) is 0 Å². The van der Waals surface area contributed by atoms with Crippen LogP contribution in [0.2, 0.25) is 0 Å². The molecule has 1 heterocycles. The minimum absolute atomic E-state index is 0.496. The predicted octanol–water partition coefficient (Wildman–Crippen LogP) is 2.58. The van der Waals surface area contributed by atoms with E-state index in [1.54, 1.807) is 38.6 Å². The molecule has 4 nitrogen and oxygen atoms in total. The van der Waals surface area contributed by atoms with Crippen molar-refractivity contribution in [1.82, 2.24) is 4.98 Å². The zero-order valence-electron chi connectivity index (χ0n) is 10.2. The average Bonchev–Trinajstić information content (AvgIpc) is 2.46. The number of aromatic nitrogens is 1. The van der Waals surface area contributed by atoms with Crippen molar-refractivity contribution in [3.05, 3.63) is 42.1 Å². The molecule has 0 radical (unpaired) electrons. The lowest BCUT2D eigenvalue weighted by Gasteiger charge is -2.11. The number of rotatable bonds is 4. The van der Waals surface area contributed by atoms with E-state index in [1.807, 2.05) is 12.1 Å². The van der Waals surface area contributed by atoms with Gasteiger partial charge in [0.2, 0.25) is 5.88 Å². The standard InChI is InChI=1S/C14H13NO3/c1-17-12-5-3-4-11(9-16)14(12)10-6-7-15-13(8-10)18-2/h3-9H,1-2H3. The Morgan fingerprint density at radius 3 is 2.67 bits per heavy atom. The van der Waals surface area contributed by atoms with Gasteiger partial charge in [0.1, 0.15) is 5.75 Å². The van der Waals surface area contributed by atoms with Gasteiger partial charge in [-0.05, 0) is 17.7 Å². The highest BCUT2D eigenvalue weighted by atomic mass is 16.5. The number of benzene rings is 1. The summed E-state index contributed by atoms with van der Waals surface area (Å²) in [4.78, 5) is 15.2. The van der Waals surface area contributed by atoms with Crippen LogP contribution < -0.4 is 9.47 Å². The summed E-state index contributed by atoms with van der Waals surface area (Å²) in [6.45, 7) is 0. The molecule has 0 atom stereocenters. The van der Waals surface area contributed by atoms with Gasteiger partial charge < -0.3 is 9.47 Å². The second kappa shape index (κ2) is 5.31. The van der Waals surface area contributed by atoms with Crippen molar-refractivity contribution in [2.75, 3.05) is 14.2 Å². The summed E-state index contributed by atoms with van der Waals surface area (Å²) in [7, 11) is 3.13. The zero-order valence-corrected chi connectivity index (χ0v) is 10.2. The fourth-order valence-electron chi connectivity index (χ4n) is 1.80. The van der Waals surface area contributed by atoms with Crippen molar-refractivity contribution in [3.8, 4) is 22.8 Å². The number of hydrogen-bond acceptors (Lipinski definition) is 4. The molecule has 4 heteroatoms. The third-order valence-corrected chi connectivity index (χ3v) is 2.64. The van der Waals surface area contributed by atoms with Gasteiger partial charge in [0.15, 0.2) is 6.29 Å². The van der Waals surface area contributed by atoms with Gasteiger partial charge in [0.25, 0.3) is 0 Å². The number of hydrogen-bond donors (Lipinski definition) is 0. The summed E-state index contributed by atoms with van der Waals surface area (Å²) in [6, 6.07) is 8.93. The van der Waals surface area contributed by atoms with Crippen LogP contribution in [0.4, 0.5) is 0 Å². The molecule has 0 saturated carbocycles. The van der Waals surface area contributed by atoms with Crippen molar-refractivity contribution >= 4 is 6.29 Å². The lowest BCUT2D eigenvalue weighted by atomic mass is 10.00. The Balaban J connectivity index is 2.64. The molecule has 0 bridgehead atoms. The number of methoxy groups -OCH3 is 2. The van der Waals surface area contributed by atoms with Gasteiger partial charge in [-0.3, -0.25) is 4.79 Å². The minimum Gasteiger partial charge on any atom is -0.496 e. The molecule has 2 aromatic rings. The molecular formula is C14H13NO3. The second-order valence-corrected chi connectivity index (χ2v) is 3.63. The van der Waals surface area contributed by atoms with Gasteiger partial charge in [0.05, 0.1) is 14.2 Å². The smallest absolute Gasteiger partial charge is 0.213 e. The lowest BCUT2D eigenvalue weighted by Crippen LogP contribution is -1.94. The third-order valence-electron chi connectivity index (χ3n) is 2.64. The summed E-state index contributed by atoms with van der Waals surface area (Å²) in [5.41, 5.74) is 2.15.